The highest BCUT2D eigenvalue weighted by molar-refractivity contribution is 8.29. The molecule has 0 aromatic heterocycles. The number of ether oxygens (including phenoxy) is 2. The van der Waals surface area contributed by atoms with E-state index in [1.165, 1.54) is 9.80 Å². The van der Waals surface area contributed by atoms with Crippen molar-refractivity contribution in [3.63, 3.8) is 0 Å². The van der Waals surface area contributed by atoms with Crippen LogP contribution in [0.4, 0.5) is 0 Å². The highest BCUT2D eigenvalue weighted by Gasteiger charge is 2.41. The molecule has 36 heavy (non-hydrogen) atoms. The van der Waals surface area contributed by atoms with Gasteiger partial charge in [0.2, 0.25) is 0 Å². The summed E-state index contributed by atoms with van der Waals surface area (Å²) in [5.74, 6) is -1.28. The SMILES string of the molecule is CCCCCOC(=O)CCCN1C(=O)C(=C2SC(=S)N(CCCC(=O)OCCCCC)C2=O)SC1=S. The van der Waals surface area contributed by atoms with Crippen molar-refractivity contribution in [2.24, 2.45) is 0 Å². The fourth-order valence-corrected chi connectivity index (χ4v) is 6.21. The van der Waals surface area contributed by atoms with E-state index in [1.807, 2.05) is 0 Å². The fourth-order valence-electron chi connectivity index (χ4n) is 3.44. The average molecular weight is 575 g/mol. The van der Waals surface area contributed by atoms with Crippen LogP contribution in [0.1, 0.15) is 78.1 Å². The van der Waals surface area contributed by atoms with Crippen LogP contribution in [0, 0.1) is 0 Å². The van der Waals surface area contributed by atoms with Gasteiger partial charge in [0.25, 0.3) is 11.8 Å². The van der Waals surface area contributed by atoms with Gasteiger partial charge < -0.3 is 9.47 Å². The van der Waals surface area contributed by atoms with Gasteiger partial charge in [0, 0.05) is 25.9 Å². The van der Waals surface area contributed by atoms with E-state index in [-0.39, 0.29) is 59.5 Å². The zero-order chi connectivity index (χ0) is 26.5. The second kappa shape index (κ2) is 16.4. The monoisotopic (exact) mass is 574 g/mol. The Balaban J connectivity index is 1.83. The van der Waals surface area contributed by atoms with Crippen LogP contribution in [0.5, 0.6) is 0 Å². The van der Waals surface area contributed by atoms with Gasteiger partial charge >= 0.3 is 11.9 Å². The summed E-state index contributed by atoms with van der Waals surface area (Å²) in [5, 5.41) is 0. The van der Waals surface area contributed by atoms with E-state index in [9.17, 15) is 19.2 Å². The molecule has 0 aromatic carbocycles. The Kier molecular flexibility index (Phi) is 14.0. The molecule has 0 unspecified atom stereocenters. The van der Waals surface area contributed by atoms with Crippen LogP contribution in [-0.2, 0) is 28.7 Å². The van der Waals surface area contributed by atoms with Gasteiger partial charge in [-0.25, -0.2) is 0 Å². The maximum Gasteiger partial charge on any atom is 0.305 e. The summed E-state index contributed by atoms with van der Waals surface area (Å²) in [4.78, 5) is 53.1. The number of esters is 2. The molecule has 0 bridgehead atoms. The van der Waals surface area contributed by atoms with Crippen LogP contribution in [-0.4, -0.2) is 68.5 Å². The lowest BCUT2D eigenvalue weighted by atomic mass is 10.2. The molecule has 0 spiro atoms. The Hall–Kier alpha value is -1.50. The molecule has 200 valence electrons. The van der Waals surface area contributed by atoms with E-state index in [0.29, 0.717) is 34.7 Å². The Morgan fingerprint density at radius 1 is 0.694 bits per heavy atom. The summed E-state index contributed by atoms with van der Waals surface area (Å²) in [6.07, 6.45) is 7.06. The highest BCUT2D eigenvalue weighted by atomic mass is 32.2. The number of hydrogen-bond donors (Lipinski definition) is 0. The van der Waals surface area contributed by atoms with Crippen LogP contribution in [0.2, 0.25) is 0 Å². The standard InChI is InChI=1S/C24H34N2O6S4/c1-3-5-7-15-31-17(27)11-9-13-25-21(29)19(35-23(25)33)20-22(30)26(24(34)36-20)14-10-12-18(28)32-16-8-6-4-2/h3-16H2,1-2H3. The first-order chi connectivity index (χ1) is 17.3. The van der Waals surface area contributed by atoms with Gasteiger partial charge in [-0.1, -0.05) is 87.5 Å². The molecule has 2 rings (SSSR count). The quantitative estimate of drug-likeness (QED) is 0.109. The topological polar surface area (TPSA) is 93.2 Å². The number of nitrogens with zero attached hydrogens (tertiary/aromatic N) is 2. The second-order valence-electron chi connectivity index (χ2n) is 8.37. The van der Waals surface area contributed by atoms with E-state index in [4.69, 9.17) is 33.9 Å². The fraction of sp³-hybridized carbons (Fsp3) is 0.667. The van der Waals surface area contributed by atoms with Crippen molar-refractivity contribution >= 4 is 80.4 Å². The van der Waals surface area contributed by atoms with Crippen molar-refractivity contribution in [2.75, 3.05) is 26.3 Å². The number of unbranched alkanes of at least 4 members (excludes halogenated alkanes) is 4. The highest BCUT2D eigenvalue weighted by Crippen LogP contribution is 2.42. The summed E-state index contributed by atoms with van der Waals surface area (Å²) < 4.78 is 11.1. The van der Waals surface area contributed by atoms with Crippen molar-refractivity contribution in [3.05, 3.63) is 9.81 Å². The minimum atomic E-state index is -0.350. The van der Waals surface area contributed by atoms with Crippen LogP contribution in [0.15, 0.2) is 9.81 Å². The molecule has 2 fully saturated rings. The van der Waals surface area contributed by atoms with Crippen molar-refractivity contribution in [1.82, 2.24) is 9.80 Å². The maximum absolute atomic E-state index is 13.0. The number of amides is 2. The Morgan fingerprint density at radius 2 is 1.08 bits per heavy atom. The molecule has 8 nitrogen and oxygen atoms in total. The predicted molar refractivity (Wildman–Crippen MR) is 150 cm³/mol. The van der Waals surface area contributed by atoms with Gasteiger partial charge in [0.15, 0.2) is 0 Å². The predicted octanol–water partition coefficient (Wildman–Crippen LogP) is 4.95. The molecule has 0 aromatic rings. The molecule has 0 atom stereocenters. The summed E-state index contributed by atoms with van der Waals surface area (Å²) in [5.41, 5.74) is 0. The summed E-state index contributed by atoms with van der Waals surface area (Å²) in [7, 11) is 0. The van der Waals surface area contributed by atoms with E-state index in [0.717, 1.165) is 62.0 Å². The molecule has 2 amide bonds. The largest absolute Gasteiger partial charge is 0.466 e. The number of carbonyl (C=O) groups is 4. The van der Waals surface area contributed by atoms with Gasteiger partial charge in [-0.05, 0) is 25.7 Å². The van der Waals surface area contributed by atoms with Gasteiger partial charge in [-0.3, -0.25) is 29.0 Å². The number of rotatable bonds is 16. The third-order valence-corrected chi connectivity index (χ3v) is 8.48. The van der Waals surface area contributed by atoms with Gasteiger partial charge in [0.05, 0.1) is 23.0 Å². The summed E-state index contributed by atoms with van der Waals surface area (Å²) in [6, 6.07) is 0. The third-order valence-electron chi connectivity index (χ3n) is 5.45. The molecule has 2 heterocycles. The zero-order valence-electron chi connectivity index (χ0n) is 20.9. The third kappa shape index (κ3) is 9.42. The van der Waals surface area contributed by atoms with E-state index in [2.05, 4.69) is 13.8 Å². The first-order valence-electron chi connectivity index (χ1n) is 12.4. The van der Waals surface area contributed by atoms with Crippen molar-refractivity contribution in [2.45, 2.75) is 78.1 Å². The molecule has 2 aliphatic rings. The smallest absolute Gasteiger partial charge is 0.305 e. The lowest BCUT2D eigenvalue weighted by Gasteiger charge is -2.14. The van der Waals surface area contributed by atoms with Crippen LogP contribution >= 0.6 is 48.0 Å². The molecule has 0 aliphatic carbocycles. The van der Waals surface area contributed by atoms with E-state index < -0.39 is 0 Å². The Labute approximate surface area is 232 Å². The molecule has 0 N–H and O–H groups in total. The number of carbonyl (C=O) groups excluding carboxylic acids is 4. The van der Waals surface area contributed by atoms with E-state index >= 15 is 0 Å². The van der Waals surface area contributed by atoms with Crippen LogP contribution < -0.4 is 0 Å². The summed E-state index contributed by atoms with van der Waals surface area (Å²) in [6.45, 7) is 5.54. The van der Waals surface area contributed by atoms with Crippen LogP contribution in [0.3, 0.4) is 0 Å². The molecule has 0 saturated carbocycles. The molecule has 2 aliphatic heterocycles. The minimum absolute atomic E-state index is 0.196. The second-order valence-corrected chi connectivity index (χ2v) is 11.7. The number of thiocarbonyl (C=S) groups is 2. The summed E-state index contributed by atoms with van der Waals surface area (Å²) >= 11 is 12.9. The first-order valence-corrected chi connectivity index (χ1v) is 14.9. The van der Waals surface area contributed by atoms with Gasteiger partial charge in [-0.15, -0.1) is 0 Å². The minimum Gasteiger partial charge on any atom is -0.466 e. The average Bonchev–Trinajstić information content (AvgIpc) is 3.29. The van der Waals surface area contributed by atoms with E-state index in [1.54, 1.807) is 0 Å². The van der Waals surface area contributed by atoms with Gasteiger partial charge in [0.1, 0.15) is 8.64 Å². The van der Waals surface area contributed by atoms with Gasteiger partial charge in [-0.2, -0.15) is 0 Å². The molecular weight excluding hydrogens is 541 g/mol. The number of hydrogen-bond acceptors (Lipinski definition) is 10. The molecule has 0 radical (unpaired) electrons. The zero-order valence-corrected chi connectivity index (χ0v) is 24.1. The number of thioether (sulfide) groups is 2. The lowest BCUT2D eigenvalue weighted by molar-refractivity contribution is -0.144. The van der Waals surface area contributed by atoms with Crippen LogP contribution in [0.25, 0.3) is 0 Å². The first kappa shape index (κ1) is 30.7. The van der Waals surface area contributed by atoms with Crippen molar-refractivity contribution in [1.29, 1.82) is 0 Å². The molecular formula is C24H34N2O6S4. The Morgan fingerprint density at radius 3 is 1.44 bits per heavy atom. The molecule has 2 saturated heterocycles. The maximum atomic E-state index is 13.0. The van der Waals surface area contributed by atoms with Crippen molar-refractivity contribution in [3.8, 4) is 0 Å². The lowest BCUT2D eigenvalue weighted by Crippen LogP contribution is -2.31. The molecule has 12 heteroatoms. The van der Waals surface area contributed by atoms with Crippen molar-refractivity contribution < 1.29 is 28.7 Å². The Bertz CT molecular complexity index is 822. The normalized spacial score (nSPS) is 17.9.